The number of methoxy groups -OCH3 is 1. The van der Waals surface area contributed by atoms with Crippen LogP contribution in [0.2, 0.25) is 0 Å². The maximum absolute atomic E-state index is 13.2. The molecule has 5 nitrogen and oxygen atoms in total. The Morgan fingerprint density at radius 1 is 1.50 bits per heavy atom. The first kappa shape index (κ1) is 14.3. The number of aromatic amines is 1. The van der Waals surface area contributed by atoms with E-state index in [4.69, 9.17) is 4.74 Å². The van der Waals surface area contributed by atoms with Crippen LogP contribution in [0.15, 0.2) is 36.9 Å². The molecule has 1 amide bonds. The third-order valence-corrected chi connectivity index (χ3v) is 4.01. The average molecular weight is 302 g/mol. The molecule has 0 spiro atoms. The minimum atomic E-state index is -1.05. The van der Waals surface area contributed by atoms with Gasteiger partial charge in [-0.25, -0.2) is 9.18 Å². The van der Waals surface area contributed by atoms with Gasteiger partial charge < -0.3 is 15.0 Å². The number of benzene rings is 1. The van der Waals surface area contributed by atoms with E-state index < -0.39 is 17.4 Å². The molecule has 1 aliphatic carbocycles. The van der Waals surface area contributed by atoms with E-state index in [0.29, 0.717) is 17.3 Å². The Labute approximate surface area is 126 Å². The molecule has 0 bridgehead atoms. The van der Waals surface area contributed by atoms with Gasteiger partial charge in [0.1, 0.15) is 17.1 Å². The molecule has 0 saturated heterocycles. The van der Waals surface area contributed by atoms with Gasteiger partial charge in [-0.05, 0) is 30.7 Å². The van der Waals surface area contributed by atoms with Gasteiger partial charge in [-0.2, -0.15) is 0 Å². The summed E-state index contributed by atoms with van der Waals surface area (Å²) in [4.78, 5) is 27.2. The topological polar surface area (TPSA) is 71.2 Å². The van der Waals surface area contributed by atoms with Crippen LogP contribution in [0.25, 0.3) is 10.9 Å². The van der Waals surface area contributed by atoms with Crippen LogP contribution >= 0.6 is 0 Å². The highest BCUT2D eigenvalue weighted by Gasteiger charge is 2.61. The van der Waals surface area contributed by atoms with Gasteiger partial charge in [-0.3, -0.25) is 4.79 Å². The lowest BCUT2D eigenvalue weighted by Crippen LogP contribution is -2.45. The Bertz CT molecular complexity index is 783. The Balaban J connectivity index is 1.86. The summed E-state index contributed by atoms with van der Waals surface area (Å²) in [5.74, 6) is -1.46. The fraction of sp³-hybridized carbons (Fsp3) is 0.250. The number of aromatic nitrogens is 1. The van der Waals surface area contributed by atoms with E-state index in [0.717, 1.165) is 0 Å². The van der Waals surface area contributed by atoms with E-state index in [2.05, 4.69) is 16.9 Å². The van der Waals surface area contributed by atoms with Crippen LogP contribution in [-0.4, -0.2) is 29.5 Å². The summed E-state index contributed by atoms with van der Waals surface area (Å²) in [7, 11) is 1.28. The van der Waals surface area contributed by atoms with Crippen LogP contribution in [0, 0.1) is 11.7 Å². The molecular formula is C16H15FN2O3. The van der Waals surface area contributed by atoms with Crippen LogP contribution in [-0.2, 0) is 9.53 Å². The summed E-state index contributed by atoms with van der Waals surface area (Å²) in [5, 5.41) is 3.29. The van der Waals surface area contributed by atoms with Crippen LogP contribution in [0.5, 0.6) is 0 Å². The second kappa shape index (κ2) is 4.98. The molecule has 1 fully saturated rings. The molecule has 114 valence electrons. The SMILES string of the molecule is C=C[C@@H]1C[C@]1(NC(=O)c1cc2cc(F)ccc2[nH]1)C(=O)OC. The van der Waals surface area contributed by atoms with Crippen molar-refractivity contribution in [2.24, 2.45) is 5.92 Å². The molecule has 1 aromatic heterocycles. The summed E-state index contributed by atoms with van der Waals surface area (Å²) < 4.78 is 17.9. The van der Waals surface area contributed by atoms with Gasteiger partial charge in [-0.1, -0.05) is 6.08 Å². The van der Waals surface area contributed by atoms with Gasteiger partial charge in [0, 0.05) is 16.8 Å². The van der Waals surface area contributed by atoms with Gasteiger partial charge in [0.2, 0.25) is 0 Å². The number of fused-ring (bicyclic) bond motifs is 1. The van der Waals surface area contributed by atoms with Crippen LogP contribution in [0.4, 0.5) is 4.39 Å². The summed E-state index contributed by atoms with van der Waals surface area (Å²) >= 11 is 0. The highest BCUT2D eigenvalue weighted by Crippen LogP contribution is 2.45. The van der Waals surface area contributed by atoms with Crippen molar-refractivity contribution in [3.8, 4) is 0 Å². The number of amides is 1. The number of nitrogens with one attached hydrogen (secondary N) is 2. The number of hydrogen-bond acceptors (Lipinski definition) is 3. The van der Waals surface area contributed by atoms with E-state index >= 15 is 0 Å². The molecule has 0 aliphatic heterocycles. The van der Waals surface area contributed by atoms with Crippen molar-refractivity contribution < 1.29 is 18.7 Å². The molecular weight excluding hydrogens is 287 g/mol. The van der Waals surface area contributed by atoms with Crippen molar-refractivity contribution in [1.82, 2.24) is 10.3 Å². The third-order valence-electron chi connectivity index (χ3n) is 4.01. The minimum Gasteiger partial charge on any atom is -0.467 e. The van der Waals surface area contributed by atoms with E-state index in [9.17, 15) is 14.0 Å². The Morgan fingerprint density at radius 2 is 2.27 bits per heavy atom. The number of carbonyl (C=O) groups excluding carboxylic acids is 2. The molecule has 2 atom stereocenters. The van der Waals surface area contributed by atoms with Gasteiger partial charge >= 0.3 is 5.97 Å². The number of ether oxygens (including phenoxy) is 1. The highest BCUT2D eigenvalue weighted by atomic mass is 19.1. The predicted molar refractivity (Wildman–Crippen MR) is 78.8 cm³/mol. The Morgan fingerprint density at radius 3 is 2.91 bits per heavy atom. The maximum atomic E-state index is 13.2. The molecule has 2 N–H and O–H groups in total. The van der Waals surface area contributed by atoms with Crippen LogP contribution < -0.4 is 5.32 Å². The molecule has 1 saturated carbocycles. The number of hydrogen-bond donors (Lipinski definition) is 2. The second-order valence-electron chi connectivity index (χ2n) is 5.38. The fourth-order valence-electron chi connectivity index (χ4n) is 2.68. The normalized spacial score (nSPS) is 23.1. The molecule has 2 aromatic rings. The smallest absolute Gasteiger partial charge is 0.332 e. The molecule has 0 unspecified atom stereocenters. The first-order valence-electron chi connectivity index (χ1n) is 6.82. The monoisotopic (exact) mass is 302 g/mol. The van der Waals surface area contributed by atoms with E-state index in [1.807, 2.05) is 0 Å². The predicted octanol–water partition coefficient (Wildman–Crippen LogP) is 2.15. The molecule has 3 rings (SSSR count). The van der Waals surface area contributed by atoms with Gasteiger partial charge in [-0.15, -0.1) is 6.58 Å². The maximum Gasteiger partial charge on any atom is 0.332 e. The summed E-state index contributed by atoms with van der Waals surface area (Å²) in [6.07, 6.45) is 2.08. The first-order valence-corrected chi connectivity index (χ1v) is 6.82. The lowest BCUT2D eigenvalue weighted by Gasteiger charge is -2.15. The van der Waals surface area contributed by atoms with Gasteiger partial charge in [0.15, 0.2) is 0 Å². The van der Waals surface area contributed by atoms with Gasteiger partial charge in [0.25, 0.3) is 5.91 Å². The number of rotatable bonds is 4. The fourth-order valence-corrected chi connectivity index (χ4v) is 2.68. The minimum absolute atomic E-state index is 0.147. The first-order chi connectivity index (χ1) is 10.5. The Kier molecular flexibility index (Phi) is 3.24. The molecule has 1 heterocycles. The van der Waals surface area contributed by atoms with Crippen molar-refractivity contribution in [3.63, 3.8) is 0 Å². The number of H-pyrrole nitrogens is 1. The largest absolute Gasteiger partial charge is 0.467 e. The highest BCUT2D eigenvalue weighted by molar-refractivity contribution is 6.01. The van der Waals surface area contributed by atoms with Crippen LogP contribution in [0.3, 0.4) is 0 Å². The van der Waals surface area contributed by atoms with E-state index in [1.165, 1.54) is 19.2 Å². The van der Waals surface area contributed by atoms with Crippen molar-refractivity contribution in [2.75, 3.05) is 7.11 Å². The van der Waals surface area contributed by atoms with Crippen LogP contribution in [0.1, 0.15) is 16.9 Å². The quantitative estimate of drug-likeness (QED) is 0.671. The number of carbonyl (C=O) groups is 2. The number of halogens is 1. The molecule has 1 aliphatic rings. The summed E-state index contributed by atoms with van der Waals surface area (Å²) in [5.41, 5.74) is -0.135. The van der Waals surface area contributed by atoms with Crippen molar-refractivity contribution >= 4 is 22.8 Å². The zero-order valence-corrected chi connectivity index (χ0v) is 12.0. The molecule has 0 radical (unpaired) electrons. The standard InChI is InChI=1S/C16H15FN2O3/c1-3-10-8-16(10,15(21)22-2)19-14(20)13-7-9-6-11(17)4-5-12(9)18-13/h3-7,10,18H,1,8H2,2H3,(H,19,20)/t10-,16-/m1/s1. The van der Waals surface area contributed by atoms with E-state index in [1.54, 1.807) is 18.2 Å². The zero-order chi connectivity index (χ0) is 15.9. The summed E-state index contributed by atoms with van der Waals surface area (Å²) in [6, 6.07) is 5.75. The summed E-state index contributed by atoms with van der Waals surface area (Å²) in [6.45, 7) is 3.65. The zero-order valence-electron chi connectivity index (χ0n) is 12.0. The van der Waals surface area contributed by atoms with Crippen molar-refractivity contribution in [2.45, 2.75) is 12.0 Å². The van der Waals surface area contributed by atoms with E-state index in [-0.39, 0.29) is 17.4 Å². The van der Waals surface area contributed by atoms with Crippen molar-refractivity contribution in [1.29, 1.82) is 0 Å². The Hall–Kier alpha value is -2.63. The lowest BCUT2D eigenvalue weighted by molar-refractivity contribution is -0.144. The van der Waals surface area contributed by atoms with Crippen molar-refractivity contribution in [3.05, 3.63) is 48.4 Å². The number of esters is 1. The average Bonchev–Trinajstić information content (AvgIpc) is 3.05. The van der Waals surface area contributed by atoms with Gasteiger partial charge in [0.05, 0.1) is 7.11 Å². The molecule has 22 heavy (non-hydrogen) atoms. The molecule has 6 heteroatoms. The lowest BCUT2D eigenvalue weighted by atomic mass is 10.2. The third kappa shape index (κ3) is 2.16. The molecule has 1 aromatic carbocycles. The second-order valence-corrected chi connectivity index (χ2v) is 5.38.